The van der Waals surface area contributed by atoms with Gasteiger partial charge in [0.1, 0.15) is 4.88 Å². The Morgan fingerprint density at radius 2 is 2.17 bits per heavy atom. The summed E-state index contributed by atoms with van der Waals surface area (Å²) in [4.78, 5) is 25.8. The van der Waals surface area contributed by atoms with E-state index in [0.29, 0.717) is 15.6 Å². The average Bonchev–Trinajstić information content (AvgIpc) is 3.11. The van der Waals surface area contributed by atoms with E-state index in [4.69, 9.17) is 16.3 Å². The molecule has 120 valence electrons. The van der Waals surface area contributed by atoms with Gasteiger partial charge in [-0.3, -0.25) is 4.79 Å². The molecule has 0 spiro atoms. The van der Waals surface area contributed by atoms with Crippen LogP contribution in [-0.2, 0) is 22.4 Å². The monoisotopic (exact) mass is 349 g/mol. The van der Waals surface area contributed by atoms with Crippen LogP contribution in [0, 0.1) is 6.92 Å². The van der Waals surface area contributed by atoms with E-state index in [0.717, 1.165) is 24.8 Å². The van der Waals surface area contributed by atoms with Crippen LogP contribution in [-0.4, -0.2) is 18.5 Å². The standard InChI is InChI=1S/C17H16ClNO3S/c1-10-12(18)5-3-6-13(10)19-16(20)9-22-17(21)15-8-11-4-2-7-14(11)23-15/h3,5-6,8H,2,4,7,9H2,1H3,(H,19,20). The van der Waals surface area contributed by atoms with E-state index in [9.17, 15) is 9.59 Å². The fraction of sp³-hybridized carbons (Fsp3) is 0.294. The minimum absolute atomic E-state index is 0.312. The van der Waals surface area contributed by atoms with Crippen molar-refractivity contribution in [3.63, 3.8) is 0 Å². The summed E-state index contributed by atoms with van der Waals surface area (Å²) in [5.74, 6) is -0.824. The molecule has 1 aromatic carbocycles. The number of carbonyl (C=O) groups excluding carboxylic acids is 2. The highest BCUT2D eigenvalue weighted by Crippen LogP contribution is 2.31. The second-order valence-corrected chi connectivity index (χ2v) is 6.99. The summed E-state index contributed by atoms with van der Waals surface area (Å²) in [6.07, 6.45) is 3.20. The lowest BCUT2D eigenvalue weighted by molar-refractivity contribution is -0.119. The lowest BCUT2D eigenvalue weighted by Gasteiger charge is -2.09. The maximum Gasteiger partial charge on any atom is 0.348 e. The number of aryl methyl sites for hydroxylation is 2. The summed E-state index contributed by atoms with van der Waals surface area (Å²) in [5, 5.41) is 3.28. The molecule has 1 heterocycles. The molecule has 1 N–H and O–H groups in total. The Morgan fingerprint density at radius 1 is 1.35 bits per heavy atom. The molecular weight excluding hydrogens is 334 g/mol. The number of hydrogen-bond acceptors (Lipinski definition) is 4. The van der Waals surface area contributed by atoms with Crippen LogP contribution in [0.15, 0.2) is 24.3 Å². The number of rotatable bonds is 4. The number of fused-ring (bicyclic) bond motifs is 1. The predicted octanol–water partition coefficient (Wildman–Crippen LogP) is 3.99. The first-order chi connectivity index (χ1) is 11.0. The fourth-order valence-electron chi connectivity index (χ4n) is 2.56. The van der Waals surface area contributed by atoms with Crippen LogP contribution in [0.2, 0.25) is 5.02 Å². The maximum absolute atomic E-state index is 12.0. The molecule has 1 aliphatic carbocycles. The molecule has 1 amide bonds. The van der Waals surface area contributed by atoms with Gasteiger partial charge in [0, 0.05) is 15.6 Å². The lowest BCUT2D eigenvalue weighted by Crippen LogP contribution is -2.21. The summed E-state index contributed by atoms with van der Waals surface area (Å²) < 4.78 is 5.10. The first-order valence-corrected chi connectivity index (χ1v) is 8.57. The van der Waals surface area contributed by atoms with Crippen LogP contribution in [0.5, 0.6) is 0 Å². The highest BCUT2D eigenvalue weighted by molar-refractivity contribution is 7.14. The Morgan fingerprint density at radius 3 is 2.96 bits per heavy atom. The van der Waals surface area contributed by atoms with Crippen molar-refractivity contribution < 1.29 is 14.3 Å². The molecule has 0 saturated carbocycles. The van der Waals surface area contributed by atoms with Crippen LogP contribution >= 0.6 is 22.9 Å². The second kappa shape index (κ2) is 6.72. The summed E-state index contributed by atoms with van der Waals surface area (Å²) in [6, 6.07) is 7.14. The molecule has 0 saturated heterocycles. The van der Waals surface area contributed by atoms with Crippen LogP contribution in [0.25, 0.3) is 0 Å². The van der Waals surface area contributed by atoms with Gasteiger partial charge in [0.05, 0.1) is 0 Å². The first-order valence-electron chi connectivity index (χ1n) is 7.38. The number of nitrogens with one attached hydrogen (secondary N) is 1. The van der Waals surface area contributed by atoms with Gasteiger partial charge in [-0.2, -0.15) is 0 Å². The normalized spacial score (nSPS) is 12.8. The van der Waals surface area contributed by atoms with Crippen LogP contribution in [0.3, 0.4) is 0 Å². The average molecular weight is 350 g/mol. The second-order valence-electron chi connectivity index (χ2n) is 5.45. The van der Waals surface area contributed by atoms with Gasteiger partial charge in [-0.1, -0.05) is 17.7 Å². The molecule has 3 rings (SSSR count). The molecular formula is C17H16ClNO3S. The van der Waals surface area contributed by atoms with Gasteiger partial charge in [0.25, 0.3) is 5.91 Å². The van der Waals surface area contributed by atoms with Crippen LogP contribution < -0.4 is 5.32 Å². The minimum atomic E-state index is -0.442. The fourth-order valence-corrected chi connectivity index (χ4v) is 3.88. The molecule has 6 heteroatoms. The number of hydrogen-bond donors (Lipinski definition) is 1. The van der Waals surface area contributed by atoms with Crippen molar-refractivity contribution in [2.75, 3.05) is 11.9 Å². The van der Waals surface area contributed by atoms with Crippen molar-refractivity contribution in [3.05, 3.63) is 50.2 Å². The number of esters is 1. The van der Waals surface area contributed by atoms with Crippen molar-refractivity contribution in [1.82, 2.24) is 0 Å². The summed E-state index contributed by atoms with van der Waals surface area (Å²) >= 11 is 7.47. The van der Waals surface area contributed by atoms with E-state index >= 15 is 0 Å². The Kier molecular flexibility index (Phi) is 4.68. The summed E-state index contributed by atoms with van der Waals surface area (Å²) in [5.41, 5.74) is 2.64. The van der Waals surface area contributed by atoms with Crippen molar-refractivity contribution in [3.8, 4) is 0 Å². The smallest absolute Gasteiger partial charge is 0.348 e. The lowest BCUT2D eigenvalue weighted by atomic mass is 10.2. The van der Waals surface area contributed by atoms with Crippen molar-refractivity contribution >= 4 is 40.5 Å². The molecule has 4 nitrogen and oxygen atoms in total. The topological polar surface area (TPSA) is 55.4 Å². The Labute approximate surface area is 143 Å². The molecule has 2 aromatic rings. The zero-order chi connectivity index (χ0) is 16.4. The molecule has 0 radical (unpaired) electrons. The van der Waals surface area contributed by atoms with Crippen molar-refractivity contribution in [2.45, 2.75) is 26.2 Å². The molecule has 0 aliphatic heterocycles. The van der Waals surface area contributed by atoms with Crippen molar-refractivity contribution in [2.24, 2.45) is 0 Å². The van der Waals surface area contributed by atoms with Gasteiger partial charge >= 0.3 is 5.97 Å². The number of amides is 1. The van der Waals surface area contributed by atoms with E-state index in [-0.39, 0.29) is 12.5 Å². The predicted molar refractivity (Wildman–Crippen MR) is 91.4 cm³/mol. The molecule has 23 heavy (non-hydrogen) atoms. The zero-order valence-electron chi connectivity index (χ0n) is 12.6. The Bertz CT molecular complexity index is 748. The highest BCUT2D eigenvalue weighted by Gasteiger charge is 2.20. The molecule has 1 aromatic heterocycles. The molecule has 0 unspecified atom stereocenters. The van der Waals surface area contributed by atoms with Gasteiger partial charge < -0.3 is 10.1 Å². The van der Waals surface area contributed by atoms with E-state index < -0.39 is 5.97 Å². The number of benzene rings is 1. The van der Waals surface area contributed by atoms with Crippen LogP contribution in [0.4, 0.5) is 5.69 Å². The molecule has 0 atom stereocenters. The Balaban J connectivity index is 1.56. The third kappa shape index (κ3) is 3.57. The van der Waals surface area contributed by atoms with Gasteiger partial charge in [-0.05, 0) is 55.5 Å². The maximum atomic E-state index is 12.0. The van der Waals surface area contributed by atoms with Crippen LogP contribution in [0.1, 0.15) is 32.1 Å². The Hall–Kier alpha value is -1.85. The third-order valence-corrected chi connectivity index (χ3v) is 5.45. The quantitative estimate of drug-likeness (QED) is 0.849. The SMILES string of the molecule is Cc1c(Cl)cccc1NC(=O)COC(=O)c1cc2c(s1)CCC2. The van der Waals surface area contributed by atoms with Gasteiger partial charge in [-0.15, -0.1) is 11.3 Å². The largest absolute Gasteiger partial charge is 0.451 e. The van der Waals surface area contributed by atoms with E-state index in [2.05, 4.69) is 5.32 Å². The van der Waals surface area contributed by atoms with E-state index in [1.807, 2.05) is 13.0 Å². The number of ether oxygens (including phenoxy) is 1. The van der Waals surface area contributed by atoms with E-state index in [1.165, 1.54) is 21.8 Å². The summed E-state index contributed by atoms with van der Waals surface area (Å²) in [6.45, 7) is 1.50. The van der Waals surface area contributed by atoms with Gasteiger partial charge in [0.2, 0.25) is 0 Å². The molecule has 0 bridgehead atoms. The number of thiophene rings is 1. The minimum Gasteiger partial charge on any atom is -0.451 e. The summed E-state index contributed by atoms with van der Waals surface area (Å²) in [7, 11) is 0. The number of anilines is 1. The first kappa shape index (κ1) is 16.0. The number of halogens is 1. The highest BCUT2D eigenvalue weighted by atomic mass is 35.5. The van der Waals surface area contributed by atoms with Gasteiger partial charge in [0.15, 0.2) is 6.61 Å². The van der Waals surface area contributed by atoms with E-state index in [1.54, 1.807) is 18.2 Å². The molecule has 1 aliphatic rings. The van der Waals surface area contributed by atoms with Gasteiger partial charge in [-0.25, -0.2) is 4.79 Å². The molecule has 0 fully saturated rings. The zero-order valence-corrected chi connectivity index (χ0v) is 14.2. The van der Waals surface area contributed by atoms with Crippen molar-refractivity contribution in [1.29, 1.82) is 0 Å². The third-order valence-electron chi connectivity index (χ3n) is 3.82. The number of carbonyl (C=O) groups is 2.